The third-order valence-corrected chi connectivity index (χ3v) is 5.20. The lowest BCUT2D eigenvalue weighted by molar-refractivity contribution is -0.122. The van der Waals surface area contributed by atoms with Crippen molar-refractivity contribution in [1.82, 2.24) is 0 Å². The zero-order valence-electron chi connectivity index (χ0n) is 17.7. The number of carbonyl (C=O) groups excluding carboxylic acids is 2. The number of benzene rings is 2. The number of carbonyl (C=O) groups is 2. The van der Waals surface area contributed by atoms with Gasteiger partial charge in [0.1, 0.15) is 11.5 Å². The van der Waals surface area contributed by atoms with Crippen molar-refractivity contribution in [1.29, 1.82) is 0 Å². The summed E-state index contributed by atoms with van der Waals surface area (Å²) >= 11 is 6.06. The van der Waals surface area contributed by atoms with Crippen molar-refractivity contribution in [3.8, 4) is 5.75 Å². The number of rotatable bonds is 6. The Morgan fingerprint density at radius 1 is 1.19 bits per heavy atom. The van der Waals surface area contributed by atoms with E-state index in [1.165, 1.54) is 6.21 Å². The molecule has 0 spiro atoms. The molecule has 0 aliphatic heterocycles. The Kier molecular flexibility index (Phi) is 6.81. The second-order valence-corrected chi connectivity index (χ2v) is 8.69. The first-order valence-electron chi connectivity index (χ1n) is 9.96. The summed E-state index contributed by atoms with van der Waals surface area (Å²) in [6.07, 6.45) is 1.48. The zero-order valence-corrected chi connectivity index (χ0v) is 18.4. The molecule has 0 heterocycles. The maximum absolute atomic E-state index is 12.4. The molecule has 6 nitrogen and oxygen atoms in total. The van der Waals surface area contributed by atoms with Gasteiger partial charge in [-0.2, -0.15) is 0 Å². The van der Waals surface area contributed by atoms with Crippen LogP contribution in [-0.2, 0) is 9.59 Å². The molecule has 0 radical (unpaired) electrons. The first kappa shape index (κ1) is 22.6. The van der Waals surface area contributed by atoms with Gasteiger partial charge in [-0.3, -0.25) is 14.6 Å². The van der Waals surface area contributed by atoms with Crippen LogP contribution in [0.3, 0.4) is 0 Å². The van der Waals surface area contributed by atoms with Crippen molar-refractivity contribution >= 4 is 40.9 Å². The van der Waals surface area contributed by atoms with Crippen molar-refractivity contribution in [3.05, 3.63) is 64.9 Å². The van der Waals surface area contributed by atoms with E-state index in [1.807, 2.05) is 13.8 Å². The van der Waals surface area contributed by atoms with E-state index < -0.39 is 6.10 Å². The van der Waals surface area contributed by atoms with Gasteiger partial charge in [-0.05, 0) is 48.7 Å². The van der Waals surface area contributed by atoms with E-state index >= 15 is 0 Å². The van der Waals surface area contributed by atoms with Gasteiger partial charge in [0.15, 0.2) is 11.9 Å². The topological polar surface area (TPSA) is 88.0 Å². The van der Waals surface area contributed by atoms with Crippen LogP contribution in [0.4, 0.5) is 11.4 Å². The molecule has 3 rings (SSSR count). The molecule has 31 heavy (non-hydrogen) atoms. The van der Waals surface area contributed by atoms with E-state index in [4.69, 9.17) is 16.3 Å². The molecule has 0 fully saturated rings. The van der Waals surface area contributed by atoms with Gasteiger partial charge in [-0.1, -0.05) is 37.6 Å². The largest absolute Gasteiger partial charge is 0.511 e. The predicted octanol–water partition coefficient (Wildman–Crippen LogP) is 5.65. The van der Waals surface area contributed by atoms with Crippen molar-refractivity contribution < 1.29 is 19.4 Å². The Labute approximate surface area is 186 Å². The van der Waals surface area contributed by atoms with Gasteiger partial charge in [0.05, 0.1) is 16.3 Å². The highest BCUT2D eigenvalue weighted by Crippen LogP contribution is 2.35. The number of aliphatic hydroxyl groups is 1. The van der Waals surface area contributed by atoms with Crippen LogP contribution in [0, 0.1) is 5.41 Å². The molecule has 0 bridgehead atoms. The van der Waals surface area contributed by atoms with Crippen molar-refractivity contribution in [2.75, 3.05) is 5.32 Å². The van der Waals surface area contributed by atoms with E-state index in [9.17, 15) is 14.7 Å². The monoisotopic (exact) mass is 440 g/mol. The lowest BCUT2D eigenvalue weighted by atomic mass is 9.77. The highest BCUT2D eigenvalue weighted by Gasteiger charge is 2.32. The molecule has 2 aromatic rings. The number of halogens is 1. The Morgan fingerprint density at radius 3 is 2.52 bits per heavy atom. The minimum Gasteiger partial charge on any atom is -0.511 e. The van der Waals surface area contributed by atoms with Crippen LogP contribution in [0.1, 0.15) is 33.6 Å². The first-order valence-corrected chi connectivity index (χ1v) is 10.3. The Hall–Kier alpha value is -3.12. The number of hydrogen-bond acceptors (Lipinski definition) is 5. The lowest BCUT2D eigenvalue weighted by Gasteiger charge is -2.28. The summed E-state index contributed by atoms with van der Waals surface area (Å²) in [4.78, 5) is 28.9. The van der Waals surface area contributed by atoms with Crippen LogP contribution < -0.4 is 10.1 Å². The van der Waals surface area contributed by atoms with Gasteiger partial charge in [-0.15, -0.1) is 0 Å². The molecule has 162 valence electrons. The Balaban J connectivity index is 1.61. The number of aliphatic hydroxyl groups excluding tert-OH is 1. The molecule has 2 N–H and O–H groups in total. The molecule has 7 heteroatoms. The predicted molar refractivity (Wildman–Crippen MR) is 122 cm³/mol. The fourth-order valence-corrected chi connectivity index (χ4v) is 3.43. The summed E-state index contributed by atoms with van der Waals surface area (Å²) in [5, 5.41) is 13.4. The van der Waals surface area contributed by atoms with Crippen LogP contribution in [0.15, 0.2) is 64.9 Å². The normalized spacial score (nSPS) is 17.0. The number of amides is 1. The molecule has 1 aliphatic carbocycles. The molecular weight excluding hydrogens is 416 g/mol. The quantitative estimate of drug-likeness (QED) is 0.568. The van der Waals surface area contributed by atoms with E-state index in [2.05, 4.69) is 10.3 Å². The van der Waals surface area contributed by atoms with Crippen molar-refractivity contribution in [2.45, 2.75) is 39.7 Å². The number of allylic oxidation sites excluding steroid dienone is 2. The summed E-state index contributed by atoms with van der Waals surface area (Å²) in [6.45, 7) is 5.53. The van der Waals surface area contributed by atoms with E-state index in [0.29, 0.717) is 35.0 Å². The van der Waals surface area contributed by atoms with Crippen LogP contribution in [0.2, 0.25) is 5.02 Å². The average molecular weight is 441 g/mol. The summed E-state index contributed by atoms with van der Waals surface area (Å²) in [7, 11) is 0. The van der Waals surface area contributed by atoms with Gasteiger partial charge in [0.25, 0.3) is 5.91 Å². The van der Waals surface area contributed by atoms with Crippen LogP contribution in [0.5, 0.6) is 5.75 Å². The number of Topliss-reactive ketones (excluding diaryl/α,β-unsaturated/α-hetero) is 1. The molecular formula is C24H25ClN2O4. The lowest BCUT2D eigenvalue weighted by Crippen LogP contribution is -2.30. The smallest absolute Gasteiger partial charge is 0.265 e. The SMILES string of the molecule is CC(Oc1ccccc1Cl)C(=O)Nc1ccc(N=CC2=C(O)CC(C)(C)CC2=O)cc1. The fraction of sp³-hybridized carbons (Fsp3) is 0.292. The Morgan fingerprint density at radius 2 is 1.87 bits per heavy atom. The van der Waals surface area contributed by atoms with E-state index in [0.717, 1.165) is 0 Å². The number of aliphatic imine (C=N–C) groups is 1. The average Bonchev–Trinajstić information content (AvgIpc) is 2.69. The number of ether oxygens (including phenoxy) is 1. The second-order valence-electron chi connectivity index (χ2n) is 8.29. The summed E-state index contributed by atoms with van der Waals surface area (Å²) in [6, 6.07) is 13.8. The summed E-state index contributed by atoms with van der Waals surface area (Å²) < 4.78 is 5.62. The summed E-state index contributed by atoms with van der Waals surface area (Å²) in [5.74, 6) is 0.0756. The first-order chi connectivity index (χ1) is 14.6. The van der Waals surface area contributed by atoms with Gasteiger partial charge in [0.2, 0.25) is 0 Å². The van der Waals surface area contributed by atoms with E-state index in [-0.39, 0.29) is 28.4 Å². The second kappa shape index (κ2) is 9.35. The highest BCUT2D eigenvalue weighted by atomic mass is 35.5. The molecule has 1 amide bonds. The molecule has 2 aromatic carbocycles. The molecule has 0 saturated heterocycles. The number of anilines is 1. The minimum atomic E-state index is -0.742. The Bertz CT molecular complexity index is 1040. The van der Waals surface area contributed by atoms with Gasteiger partial charge >= 0.3 is 0 Å². The number of para-hydroxylation sites is 1. The maximum Gasteiger partial charge on any atom is 0.265 e. The number of nitrogens with zero attached hydrogens (tertiary/aromatic N) is 1. The fourth-order valence-electron chi connectivity index (χ4n) is 3.25. The van der Waals surface area contributed by atoms with Crippen LogP contribution in [-0.4, -0.2) is 29.1 Å². The third kappa shape index (κ3) is 5.95. The maximum atomic E-state index is 12.4. The van der Waals surface area contributed by atoms with Gasteiger partial charge in [0, 0.05) is 24.7 Å². The summed E-state index contributed by atoms with van der Waals surface area (Å²) in [5.41, 5.74) is 1.18. The minimum absolute atomic E-state index is 0.0707. The van der Waals surface area contributed by atoms with Gasteiger partial charge in [-0.25, -0.2) is 0 Å². The molecule has 1 atom stereocenters. The molecule has 1 unspecified atom stereocenters. The zero-order chi connectivity index (χ0) is 22.6. The molecule has 0 saturated carbocycles. The molecule has 1 aliphatic rings. The third-order valence-electron chi connectivity index (χ3n) is 4.88. The van der Waals surface area contributed by atoms with Gasteiger partial charge < -0.3 is 15.2 Å². The van der Waals surface area contributed by atoms with Crippen molar-refractivity contribution in [2.24, 2.45) is 10.4 Å². The van der Waals surface area contributed by atoms with Crippen LogP contribution >= 0.6 is 11.6 Å². The van der Waals surface area contributed by atoms with E-state index in [1.54, 1.807) is 55.5 Å². The number of ketones is 1. The van der Waals surface area contributed by atoms with Crippen molar-refractivity contribution in [3.63, 3.8) is 0 Å². The van der Waals surface area contributed by atoms with Crippen LogP contribution in [0.25, 0.3) is 0 Å². The highest BCUT2D eigenvalue weighted by molar-refractivity contribution is 6.32. The standard InChI is InChI=1S/C24H25ClN2O4/c1-15(31-22-7-5-4-6-19(22)25)23(30)27-17-10-8-16(9-11-17)26-14-18-20(28)12-24(2,3)13-21(18)29/h4-11,14-15,28H,12-13H2,1-3H3,(H,27,30). The number of hydrogen-bond donors (Lipinski definition) is 2. The number of nitrogens with one attached hydrogen (secondary N) is 1. The molecule has 0 aromatic heterocycles.